The van der Waals surface area contributed by atoms with Crippen LogP contribution in [0.4, 0.5) is 9.59 Å². The summed E-state index contributed by atoms with van der Waals surface area (Å²) in [4.78, 5) is 45.0. The molecule has 2 aromatic carbocycles. The first-order chi connectivity index (χ1) is 20.8. The van der Waals surface area contributed by atoms with Gasteiger partial charge in [0.15, 0.2) is 0 Å². The Morgan fingerprint density at radius 3 is 2.14 bits per heavy atom. The van der Waals surface area contributed by atoms with Crippen molar-refractivity contribution >= 4 is 23.0 Å². The maximum atomic E-state index is 12.8. The molecule has 10 nitrogen and oxygen atoms in total. The Balaban J connectivity index is 1.30. The molecule has 0 spiro atoms. The van der Waals surface area contributed by atoms with Crippen molar-refractivity contribution in [3.05, 3.63) is 60.4 Å². The van der Waals surface area contributed by atoms with Gasteiger partial charge in [-0.05, 0) is 83.7 Å². The van der Waals surface area contributed by atoms with Crippen molar-refractivity contribution in [2.45, 2.75) is 91.5 Å². The Kier molecular flexibility index (Phi) is 8.72. The van der Waals surface area contributed by atoms with Crippen molar-refractivity contribution < 1.29 is 19.1 Å². The van der Waals surface area contributed by atoms with Crippen LogP contribution in [0, 0.1) is 0 Å². The molecular formula is C34H44N6O4. The van der Waals surface area contributed by atoms with Gasteiger partial charge in [0, 0.05) is 24.2 Å². The fourth-order valence-corrected chi connectivity index (χ4v) is 5.43. The zero-order valence-electron chi connectivity index (χ0n) is 26.9. The van der Waals surface area contributed by atoms with Crippen LogP contribution in [0.2, 0.25) is 0 Å². The zero-order chi connectivity index (χ0) is 31.6. The smallest absolute Gasteiger partial charge is 0.410 e. The molecule has 1 atom stereocenters. The van der Waals surface area contributed by atoms with Crippen molar-refractivity contribution in [3.63, 3.8) is 0 Å². The van der Waals surface area contributed by atoms with Crippen LogP contribution in [0.15, 0.2) is 48.8 Å². The fourth-order valence-electron chi connectivity index (χ4n) is 5.43. The van der Waals surface area contributed by atoms with Crippen LogP contribution in [0.25, 0.3) is 33.3 Å². The van der Waals surface area contributed by atoms with Crippen molar-refractivity contribution in [3.8, 4) is 22.5 Å². The Labute approximate surface area is 259 Å². The molecule has 3 heterocycles. The Morgan fingerprint density at radius 1 is 0.909 bits per heavy atom. The Bertz CT molecular complexity index is 1630. The minimum atomic E-state index is -0.555. The molecule has 0 saturated carbocycles. The second-order valence-corrected chi connectivity index (χ2v) is 13.4. The third-order valence-electron chi connectivity index (χ3n) is 7.37. The third-order valence-corrected chi connectivity index (χ3v) is 7.37. The van der Waals surface area contributed by atoms with Gasteiger partial charge in [0.1, 0.15) is 22.9 Å². The number of benzene rings is 2. The second-order valence-electron chi connectivity index (χ2n) is 13.4. The number of imidazole rings is 2. The van der Waals surface area contributed by atoms with Gasteiger partial charge in [-0.2, -0.15) is 0 Å². The average molecular weight is 601 g/mol. The molecule has 234 valence electrons. The van der Waals surface area contributed by atoms with Crippen LogP contribution < -0.4 is 0 Å². The average Bonchev–Trinajstić information content (AvgIpc) is 3.71. The monoisotopic (exact) mass is 600 g/mol. The summed E-state index contributed by atoms with van der Waals surface area (Å²) < 4.78 is 11.2. The van der Waals surface area contributed by atoms with Crippen LogP contribution >= 0.6 is 0 Å². The van der Waals surface area contributed by atoms with Gasteiger partial charge in [-0.1, -0.05) is 31.2 Å². The highest BCUT2D eigenvalue weighted by molar-refractivity contribution is 5.90. The van der Waals surface area contributed by atoms with E-state index >= 15 is 0 Å². The van der Waals surface area contributed by atoms with Crippen molar-refractivity contribution in [1.29, 1.82) is 0 Å². The lowest BCUT2D eigenvalue weighted by Gasteiger charge is -2.27. The maximum absolute atomic E-state index is 12.8. The number of fused-ring (bicyclic) bond motifs is 1. The van der Waals surface area contributed by atoms with E-state index in [9.17, 15) is 9.59 Å². The summed E-state index contributed by atoms with van der Waals surface area (Å²) in [6.07, 6.45) is 5.58. The van der Waals surface area contributed by atoms with Gasteiger partial charge in [-0.25, -0.2) is 19.6 Å². The molecule has 0 bridgehead atoms. The van der Waals surface area contributed by atoms with Crippen LogP contribution in [0.5, 0.6) is 0 Å². The lowest BCUT2D eigenvalue weighted by Crippen LogP contribution is -2.37. The normalized spacial score (nSPS) is 15.5. The molecule has 4 aromatic rings. The summed E-state index contributed by atoms with van der Waals surface area (Å²) in [5.41, 5.74) is 2.73. The van der Waals surface area contributed by atoms with E-state index in [0.717, 1.165) is 58.4 Å². The number of ether oxygens (including phenoxy) is 2. The highest BCUT2D eigenvalue weighted by Gasteiger charge is 2.35. The molecule has 1 aliphatic rings. The molecule has 1 fully saturated rings. The number of nitrogens with zero attached hydrogens (tertiary/aromatic N) is 4. The van der Waals surface area contributed by atoms with E-state index < -0.39 is 11.2 Å². The van der Waals surface area contributed by atoms with E-state index in [1.54, 1.807) is 16.0 Å². The summed E-state index contributed by atoms with van der Waals surface area (Å²) in [5, 5.41) is 2.19. The number of hydrogen-bond acceptors (Lipinski definition) is 6. The Hall–Kier alpha value is -4.34. The van der Waals surface area contributed by atoms with Gasteiger partial charge < -0.3 is 24.3 Å². The number of H-pyrrole nitrogens is 2. The molecule has 5 rings (SSSR count). The third kappa shape index (κ3) is 7.41. The first kappa shape index (κ1) is 31.1. The van der Waals surface area contributed by atoms with Crippen molar-refractivity contribution in [2.75, 3.05) is 13.1 Å². The minimum absolute atomic E-state index is 0.126. The summed E-state index contributed by atoms with van der Waals surface area (Å²) >= 11 is 0. The van der Waals surface area contributed by atoms with Crippen molar-refractivity contribution in [1.82, 2.24) is 29.7 Å². The number of hydrogen-bond donors (Lipinski definition) is 2. The van der Waals surface area contributed by atoms with E-state index in [2.05, 4.69) is 56.3 Å². The number of rotatable bonds is 7. The van der Waals surface area contributed by atoms with Gasteiger partial charge in [-0.3, -0.25) is 4.90 Å². The number of likely N-dealkylation sites (tertiary alicyclic amines) is 1. The highest BCUT2D eigenvalue weighted by Crippen LogP contribution is 2.34. The SMILES string of the molecule is CCCN(Cc1ncc(-c2ccc3cc(-c4cnc([C@@H]5CCCN5C(=O)OC(C)(C)C)[nH]4)ccc3c2)[nH]1)C(=O)OC(C)(C)C. The zero-order valence-corrected chi connectivity index (χ0v) is 26.9. The number of aromatic amines is 2. The molecule has 0 unspecified atom stereocenters. The maximum Gasteiger partial charge on any atom is 0.410 e. The number of nitrogens with one attached hydrogen (secondary N) is 2. The topological polar surface area (TPSA) is 116 Å². The van der Waals surface area contributed by atoms with Crippen molar-refractivity contribution in [2.24, 2.45) is 0 Å². The van der Waals surface area contributed by atoms with Crippen LogP contribution in [0.1, 0.15) is 85.4 Å². The second kappa shape index (κ2) is 12.3. The summed E-state index contributed by atoms with van der Waals surface area (Å²) in [6, 6.07) is 12.5. The molecular weight excluding hydrogens is 556 g/mol. The van der Waals surface area contributed by atoms with E-state index in [1.807, 2.05) is 54.7 Å². The predicted molar refractivity (Wildman–Crippen MR) is 171 cm³/mol. The molecule has 2 N–H and O–H groups in total. The number of aromatic nitrogens is 4. The van der Waals surface area contributed by atoms with Crippen LogP contribution in [-0.2, 0) is 16.0 Å². The number of amides is 2. The number of carbonyl (C=O) groups is 2. The molecule has 2 aromatic heterocycles. The highest BCUT2D eigenvalue weighted by atomic mass is 16.6. The largest absolute Gasteiger partial charge is 0.444 e. The van der Waals surface area contributed by atoms with Gasteiger partial charge >= 0.3 is 12.2 Å². The van der Waals surface area contributed by atoms with E-state index in [0.29, 0.717) is 25.5 Å². The first-order valence-electron chi connectivity index (χ1n) is 15.4. The van der Waals surface area contributed by atoms with E-state index in [-0.39, 0.29) is 18.2 Å². The molecule has 0 aliphatic carbocycles. The standard InChI is InChI=1S/C34H44N6O4/c1-8-15-39(31(41)43-33(2,3)4)21-29-35-19-26(37-29)24-13-11-23-18-25(14-12-22(23)17-24)27-20-36-30(38-27)28-10-9-16-40(28)32(42)44-34(5,6)7/h11-14,17-20,28H,8-10,15-16,21H2,1-7H3,(H,35,37)(H,36,38)/t28-/m0/s1. The van der Waals surface area contributed by atoms with Gasteiger partial charge in [0.25, 0.3) is 0 Å². The summed E-state index contributed by atoms with van der Waals surface area (Å²) in [7, 11) is 0. The molecule has 44 heavy (non-hydrogen) atoms. The molecule has 1 aliphatic heterocycles. The lowest BCUT2D eigenvalue weighted by molar-refractivity contribution is 0.0212. The first-order valence-corrected chi connectivity index (χ1v) is 15.4. The van der Waals surface area contributed by atoms with Gasteiger partial charge in [0.2, 0.25) is 0 Å². The molecule has 1 saturated heterocycles. The number of carbonyl (C=O) groups excluding carboxylic acids is 2. The predicted octanol–water partition coefficient (Wildman–Crippen LogP) is 7.84. The summed E-state index contributed by atoms with van der Waals surface area (Å²) in [5.74, 6) is 1.48. The molecule has 2 amide bonds. The van der Waals surface area contributed by atoms with Crippen LogP contribution in [0.3, 0.4) is 0 Å². The fraction of sp³-hybridized carbons (Fsp3) is 0.471. The molecule has 0 radical (unpaired) electrons. The Morgan fingerprint density at radius 2 is 1.52 bits per heavy atom. The van der Waals surface area contributed by atoms with E-state index in [4.69, 9.17) is 9.47 Å². The lowest BCUT2D eigenvalue weighted by atomic mass is 10.0. The molecule has 10 heteroatoms. The van der Waals surface area contributed by atoms with Gasteiger partial charge in [-0.15, -0.1) is 0 Å². The summed E-state index contributed by atoms with van der Waals surface area (Å²) in [6.45, 7) is 14.9. The quantitative estimate of drug-likeness (QED) is 0.223. The minimum Gasteiger partial charge on any atom is -0.444 e. The van der Waals surface area contributed by atoms with Crippen LogP contribution in [-0.4, -0.2) is 66.2 Å². The van der Waals surface area contributed by atoms with Gasteiger partial charge in [0.05, 0.1) is 36.4 Å². The van der Waals surface area contributed by atoms with E-state index in [1.165, 1.54) is 0 Å².